The lowest BCUT2D eigenvalue weighted by atomic mass is 9.72. The Morgan fingerprint density at radius 2 is 1.76 bits per heavy atom. The first-order valence-electron chi connectivity index (χ1n) is 21.6. The first kappa shape index (κ1) is 39.3. The Morgan fingerprint density at radius 1 is 0.968 bits per heavy atom. The van der Waals surface area contributed by atoms with Crippen LogP contribution in [0.15, 0.2) is 47.4 Å². The molecule has 8 heterocycles. The minimum Gasteiger partial charge on any atom is -0.480 e. The van der Waals surface area contributed by atoms with Crippen LogP contribution in [0.4, 0.5) is 37.6 Å². The molecule has 1 spiro atoms. The van der Waals surface area contributed by atoms with Gasteiger partial charge in [0.1, 0.15) is 5.02 Å². The van der Waals surface area contributed by atoms with Gasteiger partial charge in [-0.15, -0.1) is 0 Å². The van der Waals surface area contributed by atoms with Crippen LogP contribution in [-0.4, -0.2) is 105 Å². The number of fused-ring (bicyclic) bond motifs is 4. The molecule has 1 saturated carbocycles. The van der Waals surface area contributed by atoms with E-state index in [-0.39, 0.29) is 34.6 Å². The van der Waals surface area contributed by atoms with Gasteiger partial charge in [0.2, 0.25) is 23.5 Å². The Kier molecular flexibility index (Phi) is 9.20. The molecule has 15 nitrogen and oxygen atoms in total. The van der Waals surface area contributed by atoms with Crippen LogP contribution in [-0.2, 0) is 23.7 Å². The molecule has 5 fully saturated rings. The molecule has 0 bridgehead atoms. The van der Waals surface area contributed by atoms with Gasteiger partial charge in [-0.1, -0.05) is 23.7 Å². The molecule has 2 atom stereocenters. The highest BCUT2D eigenvalue weighted by molar-refractivity contribution is 6.33. The minimum atomic E-state index is -3.13. The van der Waals surface area contributed by atoms with Crippen LogP contribution >= 0.6 is 11.6 Å². The van der Waals surface area contributed by atoms with E-state index in [1.165, 1.54) is 4.57 Å². The van der Waals surface area contributed by atoms with Gasteiger partial charge in [0.25, 0.3) is 5.56 Å². The van der Waals surface area contributed by atoms with Gasteiger partial charge in [-0.05, 0) is 68.2 Å². The monoisotopic (exact) mass is 867 g/mol. The number of amides is 2. The van der Waals surface area contributed by atoms with Crippen LogP contribution in [0.1, 0.15) is 50.1 Å². The summed E-state index contributed by atoms with van der Waals surface area (Å²) in [5.74, 6) is -2.71. The number of pyridine rings is 1. The zero-order chi connectivity index (χ0) is 42.7. The van der Waals surface area contributed by atoms with E-state index in [0.29, 0.717) is 65.0 Å². The Hall–Kier alpha value is -5.55. The Balaban J connectivity index is 0.712. The van der Waals surface area contributed by atoms with E-state index in [0.717, 1.165) is 80.9 Å². The van der Waals surface area contributed by atoms with Crippen LogP contribution in [0.3, 0.4) is 0 Å². The van der Waals surface area contributed by atoms with E-state index in [2.05, 4.69) is 41.7 Å². The largest absolute Gasteiger partial charge is 0.480 e. The summed E-state index contributed by atoms with van der Waals surface area (Å²) in [4.78, 5) is 54.3. The number of nitrogens with one attached hydrogen (secondary N) is 3. The predicted molar refractivity (Wildman–Crippen MR) is 232 cm³/mol. The number of aryl methyl sites for hydroxylation is 2. The average Bonchev–Trinajstić information content (AvgIpc) is 4.03. The molecule has 0 radical (unpaired) electrons. The molecule has 6 aliphatic rings. The van der Waals surface area contributed by atoms with Crippen LogP contribution in [0.2, 0.25) is 5.02 Å². The normalized spacial score (nSPS) is 23.6. The summed E-state index contributed by atoms with van der Waals surface area (Å²) >= 11 is 6.62. The van der Waals surface area contributed by atoms with Crippen molar-refractivity contribution < 1.29 is 23.1 Å². The maximum absolute atomic E-state index is 15.2. The lowest BCUT2D eigenvalue weighted by molar-refractivity contribution is -0.134. The van der Waals surface area contributed by atoms with Gasteiger partial charge >= 0.3 is 5.92 Å². The van der Waals surface area contributed by atoms with E-state index in [4.69, 9.17) is 26.4 Å². The van der Waals surface area contributed by atoms with Crippen molar-refractivity contribution in [3.05, 3.63) is 63.7 Å². The van der Waals surface area contributed by atoms with E-state index in [1.54, 1.807) is 19.3 Å². The Bertz CT molecular complexity index is 2720. The highest BCUT2D eigenvalue weighted by Gasteiger charge is 2.53. The summed E-state index contributed by atoms with van der Waals surface area (Å²) in [5, 5.41) is 15.5. The van der Waals surface area contributed by atoms with Gasteiger partial charge in [0.15, 0.2) is 12.4 Å². The smallest absolute Gasteiger partial charge is 0.301 e. The van der Waals surface area contributed by atoms with Crippen molar-refractivity contribution in [2.24, 2.45) is 31.3 Å². The Morgan fingerprint density at radius 3 is 2.52 bits per heavy atom. The highest BCUT2D eigenvalue weighted by atomic mass is 35.5. The highest BCUT2D eigenvalue weighted by Crippen LogP contribution is 2.47. The molecule has 2 amide bonds. The Labute approximate surface area is 360 Å². The molecule has 2 aromatic carbocycles. The fourth-order valence-corrected chi connectivity index (χ4v) is 10.8. The van der Waals surface area contributed by atoms with Gasteiger partial charge in [-0.3, -0.25) is 24.4 Å². The number of hydrogen-bond acceptors (Lipinski definition) is 12. The molecule has 18 heteroatoms. The number of likely N-dealkylation sites (tertiary alicyclic amines) is 1. The van der Waals surface area contributed by atoms with Crippen molar-refractivity contribution in [1.29, 1.82) is 0 Å². The number of aromatic nitrogens is 5. The topological polar surface area (TPSA) is 155 Å². The van der Waals surface area contributed by atoms with Crippen molar-refractivity contribution in [2.75, 3.05) is 72.9 Å². The van der Waals surface area contributed by atoms with Gasteiger partial charge < -0.3 is 34.6 Å². The lowest BCUT2D eigenvalue weighted by Gasteiger charge is -2.61. The summed E-state index contributed by atoms with van der Waals surface area (Å²) in [7, 11) is 3.54. The van der Waals surface area contributed by atoms with E-state index in [9.17, 15) is 14.4 Å². The van der Waals surface area contributed by atoms with E-state index < -0.39 is 30.0 Å². The number of ether oxygens (including phenoxy) is 1. The quantitative estimate of drug-likeness (QED) is 0.172. The van der Waals surface area contributed by atoms with Crippen LogP contribution in [0.25, 0.3) is 21.8 Å². The fourth-order valence-electron chi connectivity index (χ4n) is 10.7. The number of anilines is 5. The number of piperidine rings is 2. The van der Waals surface area contributed by atoms with Crippen molar-refractivity contribution >= 4 is 74.0 Å². The van der Waals surface area contributed by atoms with Crippen LogP contribution in [0, 0.1) is 17.3 Å². The maximum atomic E-state index is 15.2. The molecule has 5 aliphatic heterocycles. The second-order valence-electron chi connectivity index (χ2n) is 18.4. The molecule has 324 valence electrons. The fraction of sp³-hybridized carbons (Fsp3) is 0.500. The summed E-state index contributed by atoms with van der Waals surface area (Å²) in [6.45, 7) is 5.90. The van der Waals surface area contributed by atoms with Crippen molar-refractivity contribution in [3.63, 3.8) is 0 Å². The molecular weight excluding hydrogens is 820 g/mol. The average molecular weight is 868 g/mol. The molecule has 3 aromatic heterocycles. The second kappa shape index (κ2) is 14.5. The number of hydrogen-bond donors (Lipinski definition) is 3. The zero-order valence-electron chi connectivity index (χ0n) is 34.6. The molecule has 11 rings (SSSR count). The third-order valence-electron chi connectivity index (χ3n) is 14.0. The van der Waals surface area contributed by atoms with Crippen molar-refractivity contribution in [3.8, 4) is 5.75 Å². The van der Waals surface area contributed by atoms with Crippen LogP contribution < -0.4 is 36.0 Å². The number of nitrogens with zero attached hydrogens (tertiary/aromatic N) is 8. The number of imide groups is 1. The van der Waals surface area contributed by atoms with Gasteiger partial charge in [0, 0.05) is 88.2 Å². The molecule has 1 aliphatic carbocycles. The van der Waals surface area contributed by atoms with Crippen LogP contribution in [0.5, 0.6) is 5.75 Å². The second-order valence-corrected chi connectivity index (χ2v) is 18.9. The van der Waals surface area contributed by atoms with E-state index in [1.807, 2.05) is 36.0 Å². The number of halogens is 3. The molecule has 4 saturated heterocycles. The maximum Gasteiger partial charge on any atom is 0.301 e. The summed E-state index contributed by atoms with van der Waals surface area (Å²) < 4.78 is 39.1. The lowest BCUT2D eigenvalue weighted by Crippen LogP contribution is -2.72. The number of carbonyl (C=O) groups excluding carboxylic acids is 2. The molecule has 2 unspecified atom stereocenters. The number of benzene rings is 2. The zero-order valence-corrected chi connectivity index (χ0v) is 35.4. The number of rotatable bonds is 8. The number of para-hydroxylation sites is 1. The SMILES string of the molecule is Cn1nc(C2CCC(=O)NC2=O)c2cccc(N3CCC(CN4CC5(C4)CN(c4ncc(Cl)c(Nc6ccc7c(c6)c6c(c(=O)n7C)OCC(F)(F)C(C7CC7)N6)n4)C5)CC3)c21. The molecular formula is C44H48ClF2N11O4. The standard InChI is InChI=1S/C44H48ClF2N11O4/c1-54-31-10-8-26(16-29(31)35-37(41(54)61)62-23-44(46,47)38(51-35)25-6-7-25)49-39-30(45)17-48-42(52-39)58-21-43(22-58)19-56(20-43)18-24-12-14-57(15-13-24)32-5-3-4-27-34(53-55(2)36(27)32)28-9-11-33(59)50-40(28)60/h3-5,8,10,16-17,24-25,28,38,51H,6-7,9,11-15,18-23H2,1-2H3,(H,48,49,52)(H,50,59,60). The molecule has 5 aromatic rings. The summed E-state index contributed by atoms with van der Waals surface area (Å²) in [5.41, 5.74) is 4.13. The van der Waals surface area contributed by atoms with Gasteiger partial charge in [-0.25, -0.2) is 13.8 Å². The van der Waals surface area contributed by atoms with E-state index >= 15 is 8.78 Å². The first-order chi connectivity index (χ1) is 29.8. The third kappa shape index (κ3) is 6.69. The summed E-state index contributed by atoms with van der Waals surface area (Å²) in [6, 6.07) is 10.5. The first-order valence-corrected chi connectivity index (χ1v) is 22.0. The van der Waals surface area contributed by atoms with Gasteiger partial charge in [0.05, 0.1) is 46.3 Å². The van der Waals surface area contributed by atoms with Gasteiger partial charge in [-0.2, -0.15) is 10.1 Å². The van der Waals surface area contributed by atoms with Crippen molar-refractivity contribution in [2.45, 2.75) is 56.4 Å². The molecule has 3 N–H and O–H groups in total. The minimum absolute atomic E-state index is 0.103. The third-order valence-corrected chi connectivity index (χ3v) is 14.2. The van der Waals surface area contributed by atoms with Crippen molar-refractivity contribution in [1.82, 2.24) is 34.5 Å². The number of alkyl halides is 2. The predicted octanol–water partition coefficient (Wildman–Crippen LogP) is 5.39. The molecule has 62 heavy (non-hydrogen) atoms. The summed E-state index contributed by atoms with van der Waals surface area (Å²) in [6.07, 6.45) is 5.99. The number of carbonyl (C=O) groups is 2.